The van der Waals surface area contributed by atoms with Gasteiger partial charge in [0.25, 0.3) is 0 Å². The molecule has 0 radical (unpaired) electrons. The molecular formula is C20H21ClFNO5. The summed E-state index contributed by atoms with van der Waals surface area (Å²) < 4.78 is 25.9. The zero-order valence-corrected chi connectivity index (χ0v) is 16.3. The highest BCUT2D eigenvalue weighted by Crippen LogP contribution is 2.42. The standard InChI is InChI=1S/C20H21ClFNO5/c1-11(7-8-18(24)27-2)28-17-10-16(15(22)9-14(17)21)23-19(25)12-5-3-4-6-13(12)20(23)26/h7-11,25-26H,3-6H2,1-2H3. The van der Waals surface area contributed by atoms with Crippen molar-refractivity contribution in [2.24, 2.45) is 0 Å². The number of carbonyl (C=O) groups excluding carboxylic acids is 1. The molecule has 0 aliphatic heterocycles. The van der Waals surface area contributed by atoms with Gasteiger partial charge in [0, 0.05) is 23.3 Å². The van der Waals surface area contributed by atoms with Gasteiger partial charge in [-0.2, -0.15) is 0 Å². The maximum atomic E-state index is 14.6. The van der Waals surface area contributed by atoms with Gasteiger partial charge in [-0.15, -0.1) is 0 Å². The molecule has 0 fully saturated rings. The third-order valence-corrected chi connectivity index (χ3v) is 4.99. The normalized spacial score (nSPS) is 14.7. The van der Waals surface area contributed by atoms with E-state index in [4.69, 9.17) is 16.3 Å². The summed E-state index contributed by atoms with van der Waals surface area (Å²) in [6.07, 6.45) is 5.15. The number of aromatic nitrogens is 1. The van der Waals surface area contributed by atoms with Gasteiger partial charge in [0.05, 0.1) is 17.8 Å². The first-order valence-corrected chi connectivity index (χ1v) is 9.27. The molecule has 1 atom stereocenters. The maximum absolute atomic E-state index is 14.6. The smallest absolute Gasteiger partial charge is 0.330 e. The Morgan fingerprint density at radius 1 is 1.25 bits per heavy atom. The molecule has 2 N–H and O–H groups in total. The Kier molecular flexibility index (Phi) is 5.84. The van der Waals surface area contributed by atoms with Crippen molar-refractivity contribution in [3.05, 3.63) is 46.3 Å². The van der Waals surface area contributed by atoms with Crippen molar-refractivity contribution in [2.45, 2.75) is 38.7 Å². The van der Waals surface area contributed by atoms with Crippen LogP contribution in [0.15, 0.2) is 24.3 Å². The average molecular weight is 410 g/mol. The predicted molar refractivity (Wildman–Crippen MR) is 102 cm³/mol. The third-order valence-electron chi connectivity index (χ3n) is 4.69. The van der Waals surface area contributed by atoms with Gasteiger partial charge in [-0.05, 0) is 44.7 Å². The number of ether oxygens (including phenoxy) is 2. The molecule has 2 aromatic rings. The number of fused-ring (bicyclic) bond motifs is 1. The zero-order chi connectivity index (χ0) is 20.4. The fourth-order valence-corrected chi connectivity index (χ4v) is 3.49. The van der Waals surface area contributed by atoms with Crippen molar-refractivity contribution in [2.75, 3.05) is 7.11 Å². The third kappa shape index (κ3) is 3.80. The lowest BCUT2D eigenvalue weighted by Gasteiger charge is -2.15. The van der Waals surface area contributed by atoms with E-state index in [2.05, 4.69) is 4.74 Å². The van der Waals surface area contributed by atoms with Crippen LogP contribution >= 0.6 is 11.6 Å². The number of esters is 1. The Morgan fingerprint density at radius 3 is 2.43 bits per heavy atom. The Morgan fingerprint density at radius 2 is 1.86 bits per heavy atom. The first-order chi connectivity index (χ1) is 13.3. The Balaban J connectivity index is 1.98. The molecule has 1 aromatic carbocycles. The molecule has 6 nitrogen and oxygen atoms in total. The number of hydrogen-bond donors (Lipinski definition) is 2. The summed E-state index contributed by atoms with van der Waals surface area (Å²) in [6, 6.07) is 2.37. The Hall–Kier alpha value is -2.67. The Labute approximate surface area is 166 Å². The summed E-state index contributed by atoms with van der Waals surface area (Å²) in [5, 5.41) is 21.1. The zero-order valence-electron chi connectivity index (χ0n) is 15.5. The predicted octanol–water partition coefficient (Wildman–Crippen LogP) is 4.06. The highest BCUT2D eigenvalue weighted by molar-refractivity contribution is 6.32. The summed E-state index contributed by atoms with van der Waals surface area (Å²) in [5.41, 5.74) is 1.19. The van der Waals surface area contributed by atoms with Crippen LogP contribution < -0.4 is 4.74 Å². The molecule has 1 aliphatic rings. The van der Waals surface area contributed by atoms with Crippen LogP contribution in [0.5, 0.6) is 17.5 Å². The SMILES string of the molecule is COC(=O)C=CC(C)Oc1cc(-n2c(O)c3c(c2O)CCCC3)c(F)cc1Cl. The second kappa shape index (κ2) is 8.14. The van der Waals surface area contributed by atoms with Crippen molar-refractivity contribution < 1.29 is 28.9 Å². The molecular weight excluding hydrogens is 389 g/mol. The minimum Gasteiger partial charge on any atom is -0.494 e. The molecule has 0 bridgehead atoms. The second-order valence-electron chi connectivity index (χ2n) is 6.59. The van der Waals surface area contributed by atoms with E-state index in [0.29, 0.717) is 24.0 Å². The fourth-order valence-electron chi connectivity index (χ4n) is 3.30. The van der Waals surface area contributed by atoms with E-state index in [9.17, 15) is 19.4 Å². The quantitative estimate of drug-likeness (QED) is 0.575. The van der Waals surface area contributed by atoms with Crippen LogP contribution in [0.2, 0.25) is 5.02 Å². The van der Waals surface area contributed by atoms with E-state index in [-0.39, 0.29) is 28.2 Å². The van der Waals surface area contributed by atoms with Crippen molar-refractivity contribution in [1.82, 2.24) is 4.57 Å². The van der Waals surface area contributed by atoms with Gasteiger partial charge < -0.3 is 19.7 Å². The van der Waals surface area contributed by atoms with Crippen LogP contribution in [0, 0.1) is 5.82 Å². The molecule has 28 heavy (non-hydrogen) atoms. The summed E-state index contributed by atoms with van der Waals surface area (Å²) >= 11 is 6.09. The molecule has 8 heteroatoms. The van der Waals surface area contributed by atoms with Crippen molar-refractivity contribution in [3.63, 3.8) is 0 Å². The molecule has 1 aromatic heterocycles. The topological polar surface area (TPSA) is 80.9 Å². The molecule has 0 amide bonds. The highest BCUT2D eigenvalue weighted by atomic mass is 35.5. The average Bonchev–Trinajstić information content (AvgIpc) is 2.93. The first kappa shape index (κ1) is 20.1. The lowest BCUT2D eigenvalue weighted by Crippen LogP contribution is -2.10. The summed E-state index contributed by atoms with van der Waals surface area (Å²) in [4.78, 5) is 11.2. The van der Waals surface area contributed by atoms with E-state index in [1.807, 2.05) is 0 Å². The van der Waals surface area contributed by atoms with Gasteiger partial charge in [0.2, 0.25) is 11.8 Å². The van der Waals surface area contributed by atoms with Crippen LogP contribution in [-0.4, -0.2) is 34.0 Å². The van der Waals surface area contributed by atoms with E-state index < -0.39 is 17.9 Å². The lowest BCUT2D eigenvalue weighted by molar-refractivity contribution is -0.134. The summed E-state index contributed by atoms with van der Waals surface area (Å²) in [6.45, 7) is 1.67. The van der Waals surface area contributed by atoms with Crippen LogP contribution in [0.4, 0.5) is 4.39 Å². The van der Waals surface area contributed by atoms with E-state index in [0.717, 1.165) is 23.5 Å². The molecule has 150 valence electrons. The van der Waals surface area contributed by atoms with Crippen LogP contribution in [0.25, 0.3) is 5.69 Å². The fraction of sp³-hybridized carbons (Fsp3) is 0.350. The molecule has 1 aliphatic carbocycles. The maximum Gasteiger partial charge on any atom is 0.330 e. The van der Waals surface area contributed by atoms with Crippen molar-refractivity contribution in [1.29, 1.82) is 0 Å². The van der Waals surface area contributed by atoms with E-state index in [1.165, 1.54) is 25.3 Å². The van der Waals surface area contributed by atoms with Gasteiger partial charge in [0.1, 0.15) is 17.7 Å². The lowest BCUT2D eigenvalue weighted by atomic mass is 9.95. The molecule has 0 saturated heterocycles. The second-order valence-corrected chi connectivity index (χ2v) is 6.99. The number of hydrogen-bond acceptors (Lipinski definition) is 5. The van der Waals surface area contributed by atoms with Crippen LogP contribution in [0.3, 0.4) is 0 Å². The highest BCUT2D eigenvalue weighted by Gasteiger charge is 2.27. The van der Waals surface area contributed by atoms with Gasteiger partial charge in [-0.3, -0.25) is 0 Å². The van der Waals surface area contributed by atoms with Crippen LogP contribution in [0.1, 0.15) is 30.9 Å². The number of carbonyl (C=O) groups is 1. The monoisotopic (exact) mass is 409 g/mol. The van der Waals surface area contributed by atoms with Gasteiger partial charge >= 0.3 is 5.97 Å². The number of halogens is 2. The van der Waals surface area contributed by atoms with E-state index in [1.54, 1.807) is 6.92 Å². The van der Waals surface area contributed by atoms with Gasteiger partial charge in [0.15, 0.2) is 0 Å². The Bertz CT molecular complexity index is 908. The summed E-state index contributed by atoms with van der Waals surface area (Å²) in [5.74, 6) is -1.47. The van der Waals surface area contributed by atoms with E-state index >= 15 is 0 Å². The minimum absolute atomic E-state index is 0.0236. The minimum atomic E-state index is -0.715. The van der Waals surface area contributed by atoms with Crippen molar-refractivity contribution >= 4 is 17.6 Å². The number of benzene rings is 1. The molecule has 0 spiro atoms. The largest absolute Gasteiger partial charge is 0.494 e. The molecule has 1 unspecified atom stereocenters. The summed E-state index contributed by atoms with van der Waals surface area (Å²) in [7, 11) is 1.26. The first-order valence-electron chi connectivity index (χ1n) is 8.90. The molecule has 3 rings (SSSR count). The number of methoxy groups -OCH3 is 1. The van der Waals surface area contributed by atoms with Crippen LogP contribution in [-0.2, 0) is 22.4 Å². The number of nitrogens with zero attached hydrogens (tertiary/aromatic N) is 1. The van der Waals surface area contributed by atoms with Gasteiger partial charge in [-0.25, -0.2) is 13.8 Å². The number of rotatable bonds is 5. The van der Waals surface area contributed by atoms with Crippen molar-refractivity contribution in [3.8, 4) is 23.2 Å². The van der Waals surface area contributed by atoms with Gasteiger partial charge in [-0.1, -0.05) is 11.6 Å². The molecule has 1 heterocycles. The number of aromatic hydroxyl groups is 2. The molecule has 0 saturated carbocycles.